The van der Waals surface area contributed by atoms with Crippen molar-refractivity contribution >= 4 is 35.3 Å². The number of anilines is 1. The van der Waals surface area contributed by atoms with E-state index in [1.165, 1.54) is 18.2 Å². The van der Waals surface area contributed by atoms with Gasteiger partial charge in [0.1, 0.15) is 12.2 Å². The lowest BCUT2D eigenvalue weighted by Gasteiger charge is -2.12. The molecule has 1 saturated heterocycles. The zero-order valence-corrected chi connectivity index (χ0v) is 17.5. The summed E-state index contributed by atoms with van der Waals surface area (Å²) >= 11 is 0. The smallest absolute Gasteiger partial charge is 0.325 e. The second kappa shape index (κ2) is 8.79. The number of urea groups is 1. The fourth-order valence-electron chi connectivity index (χ4n) is 3.35. The number of carbonyl (C=O) groups is 3. The third-order valence-corrected chi connectivity index (χ3v) is 4.99. The van der Waals surface area contributed by atoms with Gasteiger partial charge >= 0.3 is 6.03 Å². The molecule has 0 unspecified atom stereocenters. The van der Waals surface area contributed by atoms with Crippen LogP contribution in [0.5, 0.6) is 0 Å². The summed E-state index contributed by atoms with van der Waals surface area (Å²) in [7, 11) is 0. The van der Waals surface area contributed by atoms with E-state index in [9.17, 15) is 24.5 Å². The predicted molar refractivity (Wildman–Crippen MR) is 120 cm³/mol. The van der Waals surface area contributed by atoms with E-state index < -0.39 is 29.3 Å². The lowest BCUT2D eigenvalue weighted by molar-refractivity contribution is -0.384. The minimum atomic E-state index is -0.709. The first-order valence-electron chi connectivity index (χ1n) is 9.95. The Morgan fingerprint density at radius 2 is 1.88 bits per heavy atom. The lowest BCUT2D eigenvalue weighted by atomic mass is 10.2. The first-order valence-corrected chi connectivity index (χ1v) is 9.95. The molecule has 0 aliphatic carbocycles. The first kappa shape index (κ1) is 21.5. The number of nitrogens with zero attached hydrogens (tertiary/aromatic N) is 3. The molecule has 2 aromatic carbocycles. The molecule has 1 fully saturated rings. The van der Waals surface area contributed by atoms with E-state index in [2.05, 4.69) is 10.6 Å². The van der Waals surface area contributed by atoms with Crippen molar-refractivity contribution in [3.8, 4) is 5.69 Å². The van der Waals surface area contributed by atoms with Crippen LogP contribution < -0.4 is 10.6 Å². The topological polar surface area (TPSA) is 127 Å². The van der Waals surface area contributed by atoms with E-state index >= 15 is 0 Å². The van der Waals surface area contributed by atoms with Gasteiger partial charge in [0, 0.05) is 29.7 Å². The van der Waals surface area contributed by atoms with Crippen LogP contribution in [0, 0.1) is 17.0 Å². The number of nitrogens with one attached hydrogen (secondary N) is 2. The monoisotopic (exact) mass is 445 g/mol. The van der Waals surface area contributed by atoms with Gasteiger partial charge in [-0.3, -0.25) is 19.7 Å². The van der Waals surface area contributed by atoms with Gasteiger partial charge in [0.2, 0.25) is 5.91 Å². The summed E-state index contributed by atoms with van der Waals surface area (Å²) in [4.78, 5) is 48.8. The SMILES string of the molecule is Cc1ccc(NC(=O)CN2C(=O)N/C(=C/c3cccn3-c3cccc([N+](=O)[O-])c3)C2=O)cc1. The van der Waals surface area contributed by atoms with Crippen molar-refractivity contribution in [2.24, 2.45) is 0 Å². The van der Waals surface area contributed by atoms with E-state index in [1.54, 1.807) is 47.2 Å². The van der Waals surface area contributed by atoms with Crippen LogP contribution in [0.15, 0.2) is 72.6 Å². The number of hydrogen-bond acceptors (Lipinski definition) is 5. The summed E-state index contributed by atoms with van der Waals surface area (Å²) < 4.78 is 1.65. The van der Waals surface area contributed by atoms with Gasteiger partial charge in [-0.2, -0.15) is 0 Å². The average Bonchev–Trinajstić information content (AvgIpc) is 3.35. The van der Waals surface area contributed by atoms with E-state index in [-0.39, 0.29) is 11.4 Å². The van der Waals surface area contributed by atoms with Crippen LogP contribution in [-0.4, -0.2) is 38.8 Å². The Bertz CT molecular complexity index is 1290. The lowest BCUT2D eigenvalue weighted by Crippen LogP contribution is -2.38. The quantitative estimate of drug-likeness (QED) is 0.261. The number of nitro groups is 1. The molecule has 1 aliphatic heterocycles. The van der Waals surface area contributed by atoms with Gasteiger partial charge in [-0.05, 0) is 43.3 Å². The molecule has 0 bridgehead atoms. The molecule has 4 rings (SSSR count). The minimum Gasteiger partial charge on any atom is -0.325 e. The van der Waals surface area contributed by atoms with Crippen LogP contribution in [0.2, 0.25) is 0 Å². The van der Waals surface area contributed by atoms with Crippen molar-refractivity contribution in [1.29, 1.82) is 0 Å². The molecule has 1 aromatic heterocycles. The van der Waals surface area contributed by atoms with Gasteiger partial charge in [0.15, 0.2) is 0 Å². The molecule has 4 amide bonds. The number of aromatic nitrogens is 1. The van der Waals surface area contributed by atoms with Crippen molar-refractivity contribution in [1.82, 2.24) is 14.8 Å². The van der Waals surface area contributed by atoms with Crippen LogP contribution in [0.25, 0.3) is 11.8 Å². The van der Waals surface area contributed by atoms with E-state index in [0.717, 1.165) is 10.5 Å². The van der Waals surface area contributed by atoms with E-state index in [1.807, 2.05) is 19.1 Å². The Kier molecular flexibility index (Phi) is 5.73. The maximum atomic E-state index is 12.8. The van der Waals surface area contributed by atoms with Crippen molar-refractivity contribution in [2.45, 2.75) is 6.92 Å². The molecule has 0 radical (unpaired) electrons. The zero-order valence-electron chi connectivity index (χ0n) is 17.5. The largest absolute Gasteiger partial charge is 0.329 e. The van der Waals surface area contributed by atoms with Crippen molar-refractivity contribution in [3.05, 3.63) is 93.9 Å². The number of non-ortho nitro benzene ring substituents is 1. The number of benzene rings is 2. The van der Waals surface area contributed by atoms with Gasteiger partial charge in [-0.25, -0.2) is 9.69 Å². The molecular formula is C23H19N5O5. The summed E-state index contributed by atoms with van der Waals surface area (Å²) in [6.45, 7) is 1.48. The summed E-state index contributed by atoms with van der Waals surface area (Å²) in [5.74, 6) is -1.16. The van der Waals surface area contributed by atoms with Crippen molar-refractivity contribution in [2.75, 3.05) is 11.9 Å². The van der Waals surface area contributed by atoms with Gasteiger partial charge in [-0.15, -0.1) is 0 Å². The second-order valence-corrected chi connectivity index (χ2v) is 7.37. The van der Waals surface area contributed by atoms with Gasteiger partial charge < -0.3 is 15.2 Å². The number of nitro benzene ring substituents is 1. The molecule has 0 spiro atoms. The molecule has 2 heterocycles. The number of amides is 4. The molecular weight excluding hydrogens is 426 g/mol. The molecule has 33 heavy (non-hydrogen) atoms. The Balaban J connectivity index is 1.51. The van der Waals surface area contributed by atoms with Gasteiger partial charge in [0.05, 0.1) is 10.6 Å². The van der Waals surface area contributed by atoms with Crippen LogP contribution in [0.4, 0.5) is 16.2 Å². The number of imide groups is 1. The fraction of sp³-hybridized carbons (Fsp3) is 0.0870. The maximum Gasteiger partial charge on any atom is 0.329 e. The Morgan fingerprint density at radius 3 is 2.61 bits per heavy atom. The molecule has 0 saturated carbocycles. The Labute approximate surface area is 188 Å². The molecule has 0 atom stereocenters. The summed E-state index contributed by atoms with van der Waals surface area (Å²) in [6.07, 6.45) is 3.14. The number of rotatable bonds is 6. The number of carbonyl (C=O) groups excluding carboxylic acids is 3. The normalized spacial score (nSPS) is 14.5. The maximum absolute atomic E-state index is 12.8. The standard InChI is InChI=1S/C23H19N5O5/c1-15-7-9-16(10-8-15)24-21(29)14-27-22(30)20(25-23(27)31)13-18-6-3-11-26(18)17-4-2-5-19(12-17)28(32)33/h2-13H,14H2,1H3,(H,24,29)(H,25,31)/b20-13+. The van der Waals surface area contributed by atoms with Crippen molar-refractivity contribution < 1.29 is 19.3 Å². The molecule has 10 heteroatoms. The third-order valence-electron chi connectivity index (χ3n) is 4.99. The average molecular weight is 445 g/mol. The summed E-state index contributed by atoms with van der Waals surface area (Å²) in [5, 5.41) is 16.2. The van der Waals surface area contributed by atoms with Crippen LogP contribution in [-0.2, 0) is 9.59 Å². The van der Waals surface area contributed by atoms with Crippen LogP contribution in [0.1, 0.15) is 11.3 Å². The molecule has 1 aliphatic rings. The predicted octanol–water partition coefficient (Wildman–Crippen LogP) is 3.23. The van der Waals surface area contributed by atoms with Gasteiger partial charge in [0.25, 0.3) is 11.6 Å². The minimum absolute atomic E-state index is 0.00600. The highest BCUT2D eigenvalue weighted by Crippen LogP contribution is 2.21. The molecule has 2 N–H and O–H groups in total. The number of hydrogen-bond donors (Lipinski definition) is 2. The van der Waals surface area contributed by atoms with Crippen molar-refractivity contribution in [3.63, 3.8) is 0 Å². The Morgan fingerprint density at radius 1 is 1.12 bits per heavy atom. The zero-order chi connectivity index (χ0) is 23.5. The summed E-state index contributed by atoms with van der Waals surface area (Å²) in [6, 6.07) is 15.8. The first-order chi connectivity index (χ1) is 15.8. The third kappa shape index (κ3) is 4.64. The highest BCUT2D eigenvalue weighted by Gasteiger charge is 2.35. The molecule has 166 valence electrons. The van der Waals surface area contributed by atoms with Crippen LogP contribution >= 0.6 is 0 Å². The molecule has 10 nitrogen and oxygen atoms in total. The molecule has 3 aromatic rings. The van der Waals surface area contributed by atoms with E-state index in [4.69, 9.17) is 0 Å². The van der Waals surface area contributed by atoms with Crippen LogP contribution in [0.3, 0.4) is 0 Å². The van der Waals surface area contributed by atoms with Gasteiger partial charge in [-0.1, -0.05) is 23.8 Å². The second-order valence-electron chi connectivity index (χ2n) is 7.37. The fourth-order valence-corrected chi connectivity index (χ4v) is 3.35. The van der Waals surface area contributed by atoms with E-state index in [0.29, 0.717) is 17.1 Å². The number of aryl methyl sites for hydroxylation is 1. The highest BCUT2D eigenvalue weighted by molar-refractivity contribution is 6.15. The highest BCUT2D eigenvalue weighted by atomic mass is 16.6. The Hall–Kier alpha value is -4.73. The summed E-state index contributed by atoms with van der Waals surface area (Å²) in [5.41, 5.74) is 2.55.